The fourth-order valence-corrected chi connectivity index (χ4v) is 3.77. The Kier molecular flexibility index (Phi) is 7.53. The molecule has 0 amide bonds. The molecule has 5 nitrogen and oxygen atoms in total. The van der Waals surface area contributed by atoms with Crippen LogP contribution in [-0.2, 0) is 16.7 Å². The summed E-state index contributed by atoms with van der Waals surface area (Å²) in [6.45, 7) is 7.92. The third kappa shape index (κ3) is 5.73. The smallest absolute Gasteiger partial charge is 0.191 e. The van der Waals surface area contributed by atoms with Gasteiger partial charge in [0.2, 0.25) is 0 Å². The average Bonchev–Trinajstić information content (AvgIpc) is 2.76. The Morgan fingerprint density at radius 2 is 1.72 bits per heavy atom. The van der Waals surface area contributed by atoms with Crippen LogP contribution in [0.5, 0.6) is 5.75 Å². The Balaban J connectivity index is 1.65. The van der Waals surface area contributed by atoms with Crippen molar-refractivity contribution in [3.8, 4) is 5.75 Å². The van der Waals surface area contributed by atoms with Crippen molar-refractivity contribution in [3.63, 3.8) is 0 Å². The van der Waals surface area contributed by atoms with E-state index in [1.54, 1.807) is 0 Å². The van der Waals surface area contributed by atoms with E-state index in [0.29, 0.717) is 6.61 Å². The highest BCUT2D eigenvalue weighted by Crippen LogP contribution is 2.35. The lowest BCUT2D eigenvalue weighted by Gasteiger charge is -2.38. The highest BCUT2D eigenvalue weighted by molar-refractivity contribution is 5.79. The number of aliphatic imine (C=N–C) groups is 1. The third-order valence-corrected chi connectivity index (χ3v) is 5.63. The van der Waals surface area contributed by atoms with Crippen molar-refractivity contribution in [3.05, 3.63) is 65.2 Å². The van der Waals surface area contributed by atoms with Crippen LogP contribution in [0, 0.1) is 6.92 Å². The van der Waals surface area contributed by atoms with E-state index in [-0.39, 0.29) is 5.41 Å². The van der Waals surface area contributed by atoms with Crippen molar-refractivity contribution in [1.29, 1.82) is 0 Å². The molecule has 1 heterocycles. The summed E-state index contributed by atoms with van der Waals surface area (Å²) in [5.74, 6) is 1.74. The zero-order valence-electron chi connectivity index (χ0n) is 17.8. The summed E-state index contributed by atoms with van der Waals surface area (Å²) in [5, 5.41) is 6.98. The summed E-state index contributed by atoms with van der Waals surface area (Å²) in [7, 11) is 1.82. The van der Waals surface area contributed by atoms with Crippen LogP contribution in [-0.4, -0.2) is 39.4 Å². The Bertz CT molecular complexity index is 779. The first kappa shape index (κ1) is 21.2. The average molecular weight is 396 g/mol. The molecule has 0 spiro atoms. The molecule has 0 radical (unpaired) electrons. The molecule has 1 aliphatic rings. The molecule has 5 heteroatoms. The van der Waals surface area contributed by atoms with Gasteiger partial charge in [-0.25, -0.2) is 0 Å². The summed E-state index contributed by atoms with van der Waals surface area (Å²) in [5.41, 5.74) is 3.87. The Labute approximate surface area is 174 Å². The molecule has 2 N–H and O–H groups in total. The summed E-state index contributed by atoms with van der Waals surface area (Å²) in [6, 6.07) is 17.1. The van der Waals surface area contributed by atoms with Crippen LogP contribution in [0.2, 0.25) is 0 Å². The van der Waals surface area contributed by atoms with Gasteiger partial charge in [0.05, 0.1) is 6.61 Å². The lowest BCUT2D eigenvalue weighted by Crippen LogP contribution is -2.47. The monoisotopic (exact) mass is 395 g/mol. The second-order valence-corrected chi connectivity index (χ2v) is 7.62. The standard InChI is InChI=1S/C24H33N3O2/c1-4-29-22-11-9-21(10-12-22)24(13-15-28-16-14-24)18-27-23(25-3)26-17-20-7-5-19(2)6-8-20/h5-12H,4,13-18H2,1-3H3,(H2,25,26,27). The molecule has 0 aliphatic carbocycles. The van der Waals surface area contributed by atoms with Gasteiger partial charge in [-0.3, -0.25) is 4.99 Å². The Morgan fingerprint density at radius 1 is 1.03 bits per heavy atom. The first-order chi connectivity index (χ1) is 14.1. The molecule has 0 atom stereocenters. The van der Waals surface area contributed by atoms with Gasteiger partial charge in [-0.2, -0.15) is 0 Å². The van der Waals surface area contributed by atoms with Gasteiger partial charge in [-0.05, 0) is 49.9 Å². The summed E-state index contributed by atoms with van der Waals surface area (Å²) in [6.07, 6.45) is 1.98. The first-order valence-electron chi connectivity index (χ1n) is 10.5. The summed E-state index contributed by atoms with van der Waals surface area (Å²) >= 11 is 0. The number of guanidine groups is 1. The maximum atomic E-state index is 5.66. The van der Waals surface area contributed by atoms with Gasteiger partial charge in [-0.15, -0.1) is 0 Å². The molecular weight excluding hydrogens is 362 g/mol. The molecule has 156 valence electrons. The largest absolute Gasteiger partial charge is 0.494 e. The number of hydrogen-bond acceptors (Lipinski definition) is 3. The van der Waals surface area contributed by atoms with Crippen molar-refractivity contribution in [1.82, 2.24) is 10.6 Å². The van der Waals surface area contributed by atoms with Crippen molar-refractivity contribution >= 4 is 5.96 Å². The van der Waals surface area contributed by atoms with E-state index in [2.05, 4.69) is 71.1 Å². The molecule has 0 unspecified atom stereocenters. The van der Waals surface area contributed by atoms with Crippen LogP contribution >= 0.6 is 0 Å². The van der Waals surface area contributed by atoms with E-state index in [0.717, 1.165) is 50.9 Å². The highest BCUT2D eigenvalue weighted by atomic mass is 16.5. The Hall–Kier alpha value is -2.53. The molecule has 2 aromatic carbocycles. The predicted octanol–water partition coefficient (Wildman–Crippen LogP) is 3.81. The van der Waals surface area contributed by atoms with E-state index in [1.807, 2.05) is 14.0 Å². The zero-order chi connectivity index (χ0) is 20.5. The molecule has 1 fully saturated rings. The van der Waals surface area contributed by atoms with E-state index < -0.39 is 0 Å². The van der Waals surface area contributed by atoms with Crippen LogP contribution in [0.25, 0.3) is 0 Å². The van der Waals surface area contributed by atoms with E-state index in [4.69, 9.17) is 9.47 Å². The summed E-state index contributed by atoms with van der Waals surface area (Å²) < 4.78 is 11.3. The number of hydrogen-bond donors (Lipinski definition) is 2. The SMILES string of the molecule is CCOc1ccc(C2(CNC(=NC)NCc3ccc(C)cc3)CCOCC2)cc1. The van der Waals surface area contributed by atoms with Gasteiger partial charge in [0.25, 0.3) is 0 Å². The minimum absolute atomic E-state index is 0.0322. The van der Waals surface area contributed by atoms with Gasteiger partial charge >= 0.3 is 0 Å². The number of benzene rings is 2. The van der Waals surface area contributed by atoms with Crippen LogP contribution in [0.1, 0.15) is 36.5 Å². The maximum Gasteiger partial charge on any atom is 0.191 e. The zero-order valence-corrected chi connectivity index (χ0v) is 17.8. The number of nitrogens with one attached hydrogen (secondary N) is 2. The van der Waals surface area contributed by atoms with E-state index in [1.165, 1.54) is 16.7 Å². The van der Waals surface area contributed by atoms with Gasteiger partial charge < -0.3 is 20.1 Å². The minimum atomic E-state index is 0.0322. The fourth-order valence-electron chi connectivity index (χ4n) is 3.77. The second kappa shape index (κ2) is 10.3. The molecule has 29 heavy (non-hydrogen) atoms. The molecule has 1 aliphatic heterocycles. The maximum absolute atomic E-state index is 5.66. The number of nitrogens with zero attached hydrogens (tertiary/aromatic N) is 1. The Morgan fingerprint density at radius 3 is 2.34 bits per heavy atom. The normalized spacial score (nSPS) is 16.3. The van der Waals surface area contributed by atoms with E-state index in [9.17, 15) is 0 Å². The molecule has 2 aromatic rings. The van der Waals surface area contributed by atoms with Crippen LogP contribution in [0.15, 0.2) is 53.5 Å². The molecule has 3 rings (SSSR count). The first-order valence-corrected chi connectivity index (χ1v) is 10.5. The number of aryl methyl sites for hydroxylation is 1. The number of rotatable bonds is 7. The van der Waals surface area contributed by atoms with Crippen LogP contribution < -0.4 is 15.4 Å². The lowest BCUT2D eigenvalue weighted by molar-refractivity contribution is 0.0513. The van der Waals surface area contributed by atoms with E-state index >= 15 is 0 Å². The molecule has 1 saturated heterocycles. The van der Waals surface area contributed by atoms with Gasteiger partial charge in [0.15, 0.2) is 5.96 Å². The molecular formula is C24H33N3O2. The minimum Gasteiger partial charge on any atom is -0.494 e. The van der Waals surface area contributed by atoms with Crippen LogP contribution in [0.4, 0.5) is 0 Å². The molecule has 0 bridgehead atoms. The van der Waals surface area contributed by atoms with Crippen molar-refractivity contribution in [2.45, 2.75) is 38.6 Å². The third-order valence-electron chi connectivity index (χ3n) is 5.63. The quantitative estimate of drug-likeness (QED) is 0.553. The highest BCUT2D eigenvalue weighted by Gasteiger charge is 2.34. The van der Waals surface area contributed by atoms with Gasteiger partial charge in [0, 0.05) is 38.8 Å². The summed E-state index contributed by atoms with van der Waals surface area (Å²) in [4.78, 5) is 4.41. The number of ether oxygens (including phenoxy) is 2. The topological polar surface area (TPSA) is 54.9 Å². The van der Waals surface area contributed by atoms with Gasteiger partial charge in [-0.1, -0.05) is 42.0 Å². The second-order valence-electron chi connectivity index (χ2n) is 7.62. The molecule has 0 aromatic heterocycles. The van der Waals surface area contributed by atoms with Crippen LogP contribution in [0.3, 0.4) is 0 Å². The fraction of sp³-hybridized carbons (Fsp3) is 0.458. The van der Waals surface area contributed by atoms with Crippen molar-refractivity contribution < 1.29 is 9.47 Å². The van der Waals surface area contributed by atoms with Crippen molar-refractivity contribution in [2.75, 3.05) is 33.4 Å². The predicted molar refractivity (Wildman–Crippen MR) is 119 cm³/mol. The van der Waals surface area contributed by atoms with Gasteiger partial charge in [0.1, 0.15) is 5.75 Å². The lowest BCUT2D eigenvalue weighted by atomic mass is 9.74. The molecule has 0 saturated carbocycles. The van der Waals surface area contributed by atoms with Crippen molar-refractivity contribution in [2.24, 2.45) is 4.99 Å².